The van der Waals surface area contributed by atoms with Gasteiger partial charge in [-0.2, -0.15) is 0 Å². The molecule has 0 bridgehead atoms. The van der Waals surface area contributed by atoms with E-state index < -0.39 is 43.4 Å². The normalized spacial score (nSPS) is 20.1. The average molecular weight is 925 g/mol. The molecule has 1 saturated heterocycles. The van der Waals surface area contributed by atoms with Crippen LogP contribution >= 0.6 is 0 Å². The number of carbonyl (C=O) groups is 1. The van der Waals surface area contributed by atoms with Crippen molar-refractivity contribution in [1.29, 1.82) is 0 Å². The predicted octanol–water partition coefficient (Wildman–Crippen LogP) is 13.1. The average Bonchev–Trinajstić information content (AvgIpc) is 3.32. The minimum atomic E-state index is -1.55. The van der Waals surface area contributed by atoms with Crippen LogP contribution in [0.2, 0.25) is 0 Å². The molecule has 1 fully saturated rings. The van der Waals surface area contributed by atoms with E-state index in [0.29, 0.717) is 13.0 Å². The van der Waals surface area contributed by atoms with Crippen molar-refractivity contribution in [3.63, 3.8) is 0 Å². The lowest BCUT2D eigenvalue weighted by Crippen LogP contribution is -2.59. The molecule has 0 aliphatic carbocycles. The van der Waals surface area contributed by atoms with Crippen molar-refractivity contribution in [3.8, 4) is 0 Å². The van der Waals surface area contributed by atoms with Crippen molar-refractivity contribution in [3.05, 3.63) is 97.2 Å². The minimum Gasteiger partial charge on any atom is -0.457 e. The van der Waals surface area contributed by atoms with Gasteiger partial charge in [-0.1, -0.05) is 188 Å². The molecule has 1 aliphatic rings. The number of aliphatic hydroxyl groups is 4. The van der Waals surface area contributed by atoms with E-state index in [9.17, 15) is 25.2 Å². The van der Waals surface area contributed by atoms with Crippen molar-refractivity contribution >= 4 is 5.97 Å². The Balaban J connectivity index is 2.23. The molecule has 1 heterocycles. The molecular formula is C57H96O9. The highest BCUT2D eigenvalue weighted by atomic mass is 16.7. The largest absolute Gasteiger partial charge is 0.457 e. The zero-order valence-corrected chi connectivity index (χ0v) is 41.7. The fourth-order valence-corrected chi connectivity index (χ4v) is 7.41. The lowest BCUT2D eigenvalue weighted by molar-refractivity contribution is -0.305. The van der Waals surface area contributed by atoms with E-state index in [4.69, 9.17) is 18.9 Å². The summed E-state index contributed by atoms with van der Waals surface area (Å²) in [6, 6.07) is 0. The molecule has 0 spiro atoms. The summed E-state index contributed by atoms with van der Waals surface area (Å²) in [5.41, 5.74) is 0. The van der Waals surface area contributed by atoms with Crippen molar-refractivity contribution in [1.82, 2.24) is 0 Å². The maximum absolute atomic E-state index is 12.8. The molecule has 4 N–H and O–H groups in total. The van der Waals surface area contributed by atoms with Gasteiger partial charge in [-0.25, -0.2) is 0 Å². The highest BCUT2D eigenvalue weighted by Crippen LogP contribution is 2.22. The maximum Gasteiger partial charge on any atom is 0.306 e. The van der Waals surface area contributed by atoms with Crippen LogP contribution in [0.5, 0.6) is 0 Å². The summed E-state index contributed by atoms with van der Waals surface area (Å²) in [4.78, 5) is 12.8. The Morgan fingerprint density at radius 2 is 0.924 bits per heavy atom. The lowest BCUT2D eigenvalue weighted by atomic mass is 9.99. The Morgan fingerprint density at radius 1 is 0.500 bits per heavy atom. The van der Waals surface area contributed by atoms with Crippen LogP contribution in [0.25, 0.3) is 0 Å². The molecule has 66 heavy (non-hydrogen) atoms. The Kier molecular flexibility index (Phi) is 43.7. The number of aliphatic hydroxyl groups excluding tert-OH is 4. The van der Waals surface area contributed by atoms with Crippen LogP contribution < -0.4 is 0 Å². The molecule has 6 unspecified atom stereocenters. The highest BCUT2D eigenvalue weighted by Gasteiger charge is 2.44. The molecule has 378 valence electrons. The van der Waals surface area contributed by atoms with E-state index in [1.165, 1.54) is 70.6 Å². The Morgan fingerprint density at radius 3 is 1.39 bits per heavy atom. The van der Waals surface area contributed by atoms with Gasteiger partial charge in [0.05, 0.1) is 19.8 Å². The summed E-state index contributed by atoms with van der Waals surface area (Å²) in [6.07, 6.45) is 58.6. The first-order chi connectivity index (χ1) is 32.4. The summed E-state index contributed by atoms with van der Waals surface area (Å²) >= 11 is 0. The molecule has 1 aliphatic heterocycles. The number of carbonyl (C=O) groups excluding carboxylic acids is 1. The summed E-state index contributed by atoms with van der Waals surface area (Å²) in [5, 5.41) is 40.3. The molecule has 0 saturated carbocycles. The van der Waals surface area contributed by atoms with Crippen LogP contribution in [0.4, 0.5) is 0 Å². The van der Waals surface area contributed by atoms with Gasteiger partial charge in [0, 0.05) is 13.0 Å². The van der Waals surface area contributed by atoms with Crippen molar-refractivity contribution in [2.45, 2.75) is 230 Å². The fraction of sp³-hybridized carbons (Fsp3) is 0.702. The molecule has 6 atom stereocenters. The van der Waals surface area contributed by atoms with Crippen molar-refractivity contribution in [2.75, 3.05) is 26.4 Å². The summed E-state index contributed by atoms with van der Waals surface area (Å²) < 4.78 is 22.9. The van der Waals surface area contributed by atoms with Gasteiger partial charge in [0.25, 0.3) is 0 Å². The Hall–Kier alpha value is -2.89. The van der Waals surface area contributed by atoms with E-state index in [0.717, 1.165) is 103 Å². The quantitative estimate of drug-likeness (QED) is 0.0268. The molecule has 0 radical (unpaired) electrons. The third-order valence-electron chi connectivity index (χ3n) is 11.5. The number of hydrogen-bond acceptors (Lipinski definition) is 9. The summed E-state index contributed by atoms with van der Waals surface area (Å²) in [5.74, 6) is -0.332. The number of allylic oxidation sites excluding steroid dienone is 16. The highest BCUT2D eigenvalue weighted by molar-refractivity contribution is 5.69. The number of esters is 1. The van der Waals surface area contributed by atoms with Gasteiger partial charge in [-0.05, 0) is 96.3 Å². The van der Waals surface area contributed by atoms with Crippen LogP contribution in [0, 0.1) is 0 Å². The van der Waals surface area contributed by atoms with Crippen LogP contribution in [0.3, 0.4) is 0 Å². The van der Waals surface area contributed by atoms with Gasteiger partial charge in [0.2, 0.25) is 0 Å². The molecule has 9 heteroatoms. The number of unbranched alkanes of at least 4 members (excludes halogenated alkanes) is 17. The zero-order valence-electron chi connectivity index (χ0n) is 41.7. The third kappa shape index (κ3) is 37.1. The third-order valence-corrected chi connectivity index (χ3v) is 11.5. The van der Waals surface area contributed by atoms with Crippen LogP contribution in [-0.4, -0.2) is 89.6 Å². The van der Waals surface area contributed by atoms with Gasteiger partial charge in [-0.3, -0.25) is 4.79 Å². The number of rotatable bonds is 44. The van der Waals surface area contributed by atoms with Crippen molar-refractivity contribution in [2.24, 2.45) is 0 Å². The Bertz CT molecular complexity index is 1330. The smallest absolute Gasteiger partial charge is 0.306 e. The maximum atomic E-state index is 12.8. The second-order valence-electron chi connectivity index (χ2n) is 17.6. The summed E-state index contributed by atoms with van der Waals surface area (Å²) in [6.45, 7) is 4.37. The fourth-order valence-electron chi connectivity index (χ4n) is 7.41. The molecule has 0 amide bonds. The standard InChI is InChI=1S/C57H96O9/c1-3-5-7-9-11-13-15-17-19-21-23-24-25-26-27-29-31-33-35-37-39-41-43-45-47-63-49-51(50-64-57-56(62)55(61)54(60)52(48-58)66-57)65-53(59)46-44-42-40-38-36-34-32-30-28-22-20-18-16-14-12-10-8-6-4-2/h5,7,11-14,17-20,23-24,26-28,30,51-52,54-58,60-62H,3-4,6,8-10,15-16,21-22,25,29,31-50H2,1-2H3/b7-5-,13-11-,14-12-,19-17-,20-18-,24-23-,27-26-,30-28-. The lowest BCUT2D eigenvalue weighted by Gasteiger charge is -2.39. The van der Waals surface area contributed by atoms with Gasteiger partial charge >= 0.3 is 5.97 Å². The number of hydrogen-bond donors (Lipinski definition) is 4. The molecule has 0 aromatic heterocycles. The first-order valence-electron chi connectivity index (χ1n) is 26.3. The van der Waals surface area contributed by atoms with E-state index in [1.54, 1.807) is 0 Å². The molecular weight excluding hydrogens is 829 g/mol. The van der Waals surface area contributed by atoms with Crippen LogP contribution in [0.1, 0.15) is 194 Å². The van der Waals surface area contributed by atoms with Crippen LogP contribution in [0.15, 0.2) is 97.2 Å². The van der Waals surface area contributed by atoms with E-state index in [2.05, 4.69) is 111 Å². The van der Waals surface area contributed by atoms with Gasteiger partial charge in [0.15, 0.2) is 6.29 Å². The zero-order chi connectivity index (χ0) is 47.8. The predicted molar refractivity (Wildman–Crippen MR) is 274 cm³/mol. The first kappa shape index (κ1) is 61.1. The monoisotopic (exact) mass is 925 g/mol. The topological polar surface area (TPSA) is 135 Å². The van der Waals surface area contributed by atoms with Gasteiger partial charge in [0.1, 0.15) is 30.5 Å². The molecule has 9 nitrogen and oxygen atoms in total. The second-order valence-corrected chi connectivity index (χ2v) is 17.6. The van der Waals surface area contributed by atoms with E-state index in [1.807, 2.05) is 0 Å². The molecule has 1 rings (SSSR count). The number of ether oxygens (including phenoxy) is 4. The summed E-state index contributed by atoms with van der Waals surface area (Å²) in [7, 11) is 0. The molecule has 0 aromatic carbocycles. The van der Waals surface area contributed by atoms with Crippen molar-refractivity contribution < 1.29 is 44.2 Å². The first-order valence-corrected chi connectivity index (χ1v) is 26.3. The SMILES string of the molecule is CC/C=C\C/C=C\C/C=C\C/C=C\C/C=C\CCCCCCCCCCOCC(COC1OC(CO)C(O)C(O)C1O)OC(=O)CCCCCCCC/C=C\C/C=C\C/C=C\CCCCC. The van der Waals surface area contributed by atoms with Crippen LogP contribution in [-0.2, 0) is 23.7 Å². The van der Waals surface area contributed by atoms with Gasteiger partial charge in [-0.15, -0.1) is 0 Å². The van der Waals surface area contributed by atoms with E-state index >= 15 is 0 Å². The van der Waals surface area contributed by atoms with E-state index in [-0.39, 0.29) is 19.2 Å². The Labute approximate surface area is 402 Å². The van der Waals surface area contributed by atoms with Gasteiger partial charge < -0.3 is 39.4 Å². The second kappa shape index (κ2) is 47.2. The molecule has 0 aromatic rings. The minimum absolute atomic E-state index is 0.127.